The number of carbonyl (C=O) groups is 1. The second kappa shape index (κ2) is 6.26. The second-order valence-corrected chi connectivity index (χ2v) is 6.29. The molecule has 2 fully saturated rings. The first-order valence-corrected chi connectivity index (χ1v) is 8.31. The molecule has 4 rings (SSSR count). The zero-order valence-corrected chi connectivity index (χ0v) is 13.6. The van der Waals surface area contributed by atoms with Crippen molar-refractivity contribution < 1.29 is 9.53 Å². The Balaban J connectivity index is 1.50. The summed E-state index contributed by atoms with van der Waals surface area (Å²) in [6, 6.07) is 18.1. The topological polar surface area (TPSA) is 53.6 Å². The third kappa shape index (κ3) is 2.66. The van der Waals surface area contributed by atoms with Crippen LogP contribution in [0.1, 0.15) is 24.4 Å². The normalized spacial score (nSPS) is 26.3. The SMILES string of the molecule is COc1ccc(C2CCC3C(=O)N(c4ccccc4)NC3N2)cc1. The van der Waals surface area contributed by atoms with Crippen molar-refractivity contribution in [3.63, 3.8) is 0 Å². The van der Waals surface area contributed by atoms with E-state index in [9.17, 15) is 4.79 Å². The molecule has 2 aromatic rings. The summed E-state index contributed by atoms with van der Waals surface area (Å²) in [6.45, 7) is 0. The number of hydrogen-bond acceptors (Lipinski definition) is 4. The molecule has 0 radical (unpaired) electrons. The van der Waals surface area contributed by atoms with Crippen molar-refractivity contribution in [2.75, 3.05) is 12.1 Å². The number of hydrogen-bond donors (Lipinski definition) is 2. The number of rotatable bonds is 3. The average Bonchev–Trinajstić information content (AvgIpc) is 2.99. The predicted octanol–water partition coefficient (Wildman–Crippen LogP) is 2.61. The van der Waals surface area contributed by atoms with Crippen LogP contribution in [0.25, 0.3) is 0 Å². The van der Waals surface area contributed by atoms with Crippen molar-refractivity contribution in [3.8, 4) is 5.75 Å². The molecule has 0 saturated carbocycles. The molecule has 1 amide bonds. The number of piperidine rings is 1. The largest absolute Gasteiger partial charge is 0.497 e. The molecule has 24 heavy (non-hydrogen) atoms. The average molecular weight is 323 g/mol. The Morgan fingerprint density at radius 3 is 2.50 bits per heavy atom. The predicted molar refractivity (Wildman–Crippen MR) is 92.4 cm³/mol. The number of para-hydroxylation sites is 1. The van der Waals surface area contributed by atoms with Crippen molar-refractivity contribution in [2.45, 2.75) is 25.0 Å². The third-order valence-corrected chi connectivity index (χ3v) is 4.89. The fourth-order valence-electron chi connectivity index (χ4n) is 3.57. The first-order chi connectivity index (χ1) is 11.8. The fraction of sp³-hybridized carbons (Fsp3) is 0.316. The van der Waals surface area contributed by atoms with E-state index in [4.69, 9.17) is 4.74 Å². The van der Waals surface area contributed by atoms with E-state index >= 15 is 0 Å². The summed E-state index contributed by atoms with van der Waals surface area (Å²) in [6.07, 6.45) is 1.80. The Bertz CT molecular complexity index is 717. The quantitative estimate of drug-likeness (QED) is 0.912. The minimum atomic E-state index is -0.0291. The van der Waals surface area contributed by atoms with Crippen molar-refractivity contribution in [1.29, 1.82) is 0 Å². The highest BCUT2D eigenvalue weighted by molar-refractivity contribution is 5.96. The summed E-state index contributed by atoms with van der Waals surface area (Å²) in [5, 5.41) is 5.26. The van der Waals surface area contributed by atoms with E-state index in [1.807, 2.05) is 42.5 Å². The molecule has 3 atom stereocenters. The number of ether oxygens (including phenoxy) is 1. The highest BCUT2D eigenvalue weighted by Gasteiger charge is 2.44. The molecule has 2 N–H and O–H groups in total. The monoisotopic (exact) mass is 323 g/mol. The molecule has 5 heteroatoms. The lowest BCUT2D eigenvalue weighted by atomic mass is 9.89. The van der Waals surface area contributed by atoms with Crippen LogP contribution in [0.4, 0.5) is 5.69 Å². The Hall–Kier alpha value is -2.37. The van der Waals surface area contributed by atoms with Gasteiger partial charge >= 0.3 is 0 Å². The van der Waals surface area contributed by atoms with Crippen LogP contribution in [0.2, 0.25) is 0 Å². The highest BCUT2D eigenvalue weighted by atomic mass is 16.5. The highest BCUT2D eigenvalue weighted by Crippen LogP contribution is 2.34. The molecular formula is C19H21N3O2. The number of nitrogens with zero attached hydrogens (tertiary/aromatic N) is 1. The molecule has 0 spiro atoms. The zero-order valence-electron chi connectivity index (χ0n) is 13.6. The van der Waals surface area contributed by atoms with E-state index in [2.05, 4.69) is 22.9 Å². The van der Waals surface area contributed by atoms with Crippen molar-refractivity contribution in [1.82, 2.24) is 10.7 Å². The van der Waals surface area contributed by atoms with Gasteiger partial charge in [-0.25, -0.2) is 10.4 Å². The van der Waals surface area contributed by atoms with Gasteiger partial charge in [0.1, 0.15) is 5.75 Å². The number of nitrogens with one attached hydrogen (secondary N) is 2. The lowest BCUT2D eigenvalue weighted by Gasteiger charge is -2.31. The number of fused-ring (bicyclic) bond motifs is 1. The molecule has 2 aromatic carbocycles. The maximum absolute atomic E-state index is 12.7. The van der Waals surface area contributed by atoms with Gasteiger partial charge in [-0.15, -0.1) is 0 Å². The molecule has 124 valence electrons. The van der Waals surface area contributed by atoms with Gasteiger partial charge in [0.25, 0.3) is 0 Å². The molecule has 2 heterocycles. The first kappa shape index (κ1) is 15.2. The van der Waals surface area contributed by atoms with E-state index in [1.54, 1.807) is 12.1 Å². The lowest BCUT2D eigenvalue weighted by Crippen LogP contribution is -2.49. The van der Waals surface area contributed by atoms with Gasteiger partial charge in [-0.2, -0.15) is 0 Å². The van der Waals surface area contributed by atoms with Crippen LogP contribution in [-0.2, 0) is 4.79 Å². The summed E-state index contributed by atoms with van der Waals surface area (Å²) < 4.78 is 5.22. The van der Waals surface area contributed by atoms with Crippen LogP contribution in [0.3, 0.4) is 0 Å². The molecule has 0 aromatic heterocycles. The number of methoxy groups -OCH3 is 1. The molecule has 2 saturated heterocycles. The summed E-state index contributed by atoms with van der Waals surface area (Å²) >= 11 is 0. The van der Waals surface area contributed by atoms with Crippen LogP contribution < -0.4 is 20.5 Å². The fourth-order valence-corrected chi connectivity index (χ4v) is 3.57. The maximum Gasteiger partial charge on any atom is 0.247 e. The van der Waals surface area contributed by atoms with Gasteiger partial charge in [-0.05, 0) is 42.7 Å². The van der Waals surface area contributed by atoms with Gasteiger partial charge in [0.05, 0.1) is 24.9 Å². The number of anilines is 1. The van der Waals surface area contributed by atoms with Gasteiger partial charge in [0, 0.05) is 6.04 Å². The Labute approximate surface area is 141 Å². The van der Waals surface area contributed by atoms with Crippen molar-refractivity contribution in [2.24, 2.45) is 5.92 Å². The van der Waals surface area contributed by atoms with E-state index in [0.29, 0.717) is 0 Å². The minimum absolute atomic E-state index is 0.0142. The van der Waals surface area contributed by atoms with Crippen molar-refractivity contribution in [3.05, 3.63) is 60.2 Å². The van der Waals surface area contributed by atoms with Crippen molar-refractivity contribution >= 4 is 11.6 Å². The van der Waals surface area contributed by atoms with Crippen LogP contribution in [0, 0.1) is 5.92 Å². The van der Waals surface area contributed by atoms with Crippen LogP contribution in [-0.4, -0.2) is 19.2 Å². The summed E-state index contributed by atoms with van der Waals surface area (Å²) in [7, 11) is 1.67. The minimum Gasteiger partial charge on any atom is -0.497 e. The molecule has 2 aliphatic rings. The standard InChI is InChI=1S/C19H21N3O2/c1-24-15-9-7-13(8-10-15)17-12-11-16-18(20-17)21-22(19(16)23)14-5-3-2-4-6-14/h2-10,16-18,20-21H,11-12H2,1H3. The maximum atomic E-state index is 12.7. The Morgan fingerprint density at radius 1 is 1.04 bits per heavy atom. The second-order valence-electron chi connectivity index (χ2n) is 6.29. The first-order valence-electron chi connectivity index (χ1n) is 8.31. The van der Waals surface area contributed by atoms with Gasteiger partial charge in [-0.1, -0.05) is 30.3 Å². The lowest BCUT2D eigenvalue weighted by molar-refractivity contribution is -0.121. The van der Waals surface area contributed by atoms with E-state index < -0.39 is 0 Å². The number of carbonyl (C=O) groups excluding carboxylic acids is 1. The number of hydrazine groups is 1. The Kier molecular flexibility index (Phi) is 3.96. The van der Waals surface area contributed by atoms with Gasteiger partial charge in [0.2, 0.25) is 5.91 Å². The van der Waals surface area contributed by atoms with Gasteiger partial charge in [0.15, 0.2) is 0 Å². The Morgan fingerprint density at radius 2 is 1.79 bits per heavy atom. The molecule has 0 aliphatic carbocycles. The molecular weight excluding hydrogens is 302 g/mol. The summed E-state index contributed by atoms with van der Waals surface area (Å²) in [5.74, 6) is 0.989. The molecule has 3 unspecified atom stereocenters. The molecule has 5 nitrogen and oxygen atoms in total. The number of amides is 1. The van der Waals surface area contributed by atoms with Crippen LogP contribution in [0.15, 0.2) is 54.6 Å². The van der Waals surface area contributed by atoms with E-state index in [-0.39, 0.29) is 24.0 Å². The van der Waals surface area contributed by atoms with Gasteiger partial charge < -0.3 is 4.74 Å². The summed E-state index contributed by atoms with van der Waals surface area (Å²) in [4.78, 5) is 12.7. The van der Waals surface area contributed by atoms with Crippen LogP contribution in [0.5, 0.6) is 5.75 Å². The third-order valence-electron chi connectivity index (χ3n) is 4.89. The smallest absolute Gasteiger partial charge is 0.247 e. The number of benzene rings is 2. The molecule has 2 aliphatic heterocycles. The van der Waals surface area contributed by atoms with E-state index in [1.165, 1.54) is 5.56 Å². The van der Waals surface area contributed by atoms with Crippen LogP contribution >= 0.6 is 0 Å². The molecule has 0 bridgehead atoms. The van der Waals surface area contributed by atoms with Gasteiger partial charge in [-0.3, -0.25) is 10.1 Å². The zero-order chi connectivity index (χ0) is 16.5. The van der Waals surface area contributed by atoms with E-state index in [0.717, 1.165) is 24.3 Å². The summed E-state index contributed by atoms with van der Waals surface area (Å²) in [5.41, 5.74) is 5.44.